The van der Waals surface area contributed by atoms with Crippen LogP contribution >= 0.6 is 0 Å². The lowest BCUT2D eigenvalue weighted by Crippen LogP contribution is -2.31. The monoisotopic (exact) mass is 217 g/mol. The summed E-state index contributed by atoms with van der Waals surface area (Å²) in [7, 11) is 1.59. The van der Waals surface area contributed by atoms with Gasteiger partial charge in [-0.1, -0.05) is 0 Å². The highest BCUT2D eigenvalue weighted by Gasteiger charge is 2.13. The lowest BCUT2D eigenvalue weighted by molar-refractivity contribution is -0.143. The number of hydrogen-bond acceptors (Lipinski definition) is 4. The molecule has 0 aliphatic carbocycles. The SMILES string of the molecule is CCOC(=O)CCN(C)C(=O)OC(C)C. The molecule has 0 rings (SSSR count). The Morgan fingerprint density at radius 3 is 2.40 bits per heavy atom. The third kappa shape index (κ3) is 6.76. The molecule has 0 aliphatic rings. The van der Waals surface area contributed by atoms with Crippen LogP contribution in [-0.4, -0.2) is 43.3 Å². The van der Waals surface area contributed by atoms with Crippen molar-refractivity contribution in [2.75, 3.05) is 20.2 Å². The predicted molar refractivity (Wildman–Crippen MR) is 55.5 cm³/mol. The van der Waals surface area contributed by atoms with E-state index in [9.17, 15) is 9.59 Å². The average molecular weight is 217 g/mol. The zero-order chi connectivity index (χ0) is 11.8. The van der Waals surface area contributed by atoms with Crippen molar-refractivity contribution >= 4 is 12.1 Å². The minimum Gasteiger partial charge on any atom is -0.466 e. The fourth-order valence-electron chi connectivity index (χ4n) is 0.875. The second kappa shape index (κ2) is 7.09. The van der Waals surface area contributed by atoms with E-state index >= 15 is 0 Å². The van der Waals surface area contributed by atoms with E-state index in [1.54, 1.807) is 27.8 Å². The van der Waals surface area contributed by atoms with Crippen LogP contribution < -0.4 is 0 Å². The molecule has 1 amide bonds. The summed E-state index contributed by atoms with van der Waals surface area (Å²) in [6.07, 6.45) is -0.380. The summed E-state index contributed by atoms with van der Waals surface area (Å²) in [5, 5.41) is 0. The first-order chi connectivity index (χ1) is 6.97. The topological polar surface area (TPSA) is 55.8 Å². The van der Waals surface area contributed by atoms with Crippen molar-refractivity contribution < 1.29 is 19.1 Å². The first-order valence-corrected chi connectivity index (χ1v) is 5.04. The Morgan fingerprint density at radius 2 is 1.93 bits per heavy atom. The summed E-state index contributed by atoms with van der Waals surface area (Å²) in [5.74, 6) is -0.304. The lowest BCUT2D eigenvalue weighted by Gasteiger charge is -2.17. The smallest absolute Gasteiger partial charge is 0.409 e. The van der Waals surface area contributed by atoms with Crippen LogP contribution in [-0.2, 0) is 14.3 Å². The van der Waals surface area contributed by atoms with E-state index in [-0.39, 0.29) is 18.5 Å². The maximum absolute atomic E-state index is 11.3. The summed E-state index contributed by atoms with van der Waals surface area (Å²) < 4.78 is 9.67. The molecule has 0 saturated carbocycles. The van der Waals surface area contributed by atoms with Gasteiger partial charge in [0.25, 0.3) is 0 Å². The van der Waals surface area contributed by atoms with Gasteiger partial charge in [-0.3, -0.25) is 4.79 Å². The molecule has 0 aromatic carbocycles. The Kier molecular flexibility index (Phi) is 6.49. The van der Waals surface area contributed by atoms with Gasteiger partial charge >= 0.3 is 12.1 Å². The number of esters is 1. The van der Waals surface area contributed by atoms with Gasteiger partial charge in [-0.2, -0.15) is 0 Å². The quantitative estimate of drug-likeness (QED) is 0.653. The molecule has 5 heteroatoms. The fourth-order valence-corrected chi connectivity index (χ4v) is 0.875. The molecule has 15 heavy (non-hydrogen) atoms. The van der Waals surface area contributed by atoms with Crippen molar-refractivity contribution in [1.29, 1.82) is 0 Å². The van der Waals surface area contributed by atoms with Gasteiger partial charge in [0, 0.05) is 13.6 Å². The number of carbonyl (C=O) groups excluding carboxylic acids is 2. The first kappa shape index (κ1) is 13.7. The van der Waals surface area contributed by atoms with Gasteiger partial charge in [0.05, 0.1) is 19.1 Å². The Hall–Kier alpha value is -1.26. The Balaban J connectivity index is 3.77. The van der Waals surface area contributed by atoms with Crippen LogP contribution in [0.3, 0.4) is 0 Å². The second-order valence-electron chi connectivity index (χ2n) is 3.41. The zero-order valence-electron chi connectivity index (χ0n) is 9.78. The summed E-state index contributed by atoms with van der Waals surface area (Å²) in [6.45, 7) is 5.96. The molecule has 5 nitrogen and oxygen atoms in total. The average Bonchev–Trinajstić information content (AvgIpc) is 2.13. The van der Waals surface area contributed by atoms with E-state index in [2.05, 4.69) is 0 Å². The van der Waals surface area contributed by atoms with E-state index in [4.69, 9.17) is 9.47 Å². The second-order valence-corrected chi connectivity index (χ2v) is 3.41. The standard InChI is InChI=1S/C10H19NO4/c1-5-14-9(12)6-7-11(4)10(13)15-8(2)3/h8H,5-7H2,1-4H3. The molecular weight excluding hydrogens is 198 g/mol. The van der Waals surface area contributed by atoms with E-state index < -0.39 is 6.09 Å². The predicted octanol–water partition coefficient (Wildman–Crippen LogP) is 1.42. The van der Waals surface area contributed by atoms with Gasteiger partial charge in [0.1, 0.15) is 0 Å². The van der Waals surface area contributed by atoms with Crippen LogP contribution in [0, 0.1) is 0 Å². The third-order valence-electron chi connectivity index (χ3n) is 1.60. The fraction of sp³-hybridized carbons (Fsp3) is 0.800. The van der Waals surface area contributed by atoms with Gasteiger partial charge in [0.2, 0.25) is 0 Å². The Labute approximate surface area is 90.3 Å². The molecule has 0 aromatic heterocycles. The molecule has 0 saturated heterocycles. The molecule has 0 heterocycles. The van der Waals surface area contributed by atoms with Gasteiger partial charge in [-0.15, -0.1) is 0 Å². The molecule has 0 atom stereocenters. The van der Waals surface area contributed by atoms with Crippen LogP contribution in [0.2, 0.25) is 0 Å². The minimum absolute atomic E-state index is 0.150. The molecule has 88 valence electrons. The third-order valence-corrected chi connectivity index (χ3v) is 1.60. The normalized spacial score (nSPS) is 9.93. The molecule has 0 aliphatic heterocycles. The number of carbonyl (C=O) groups is 2. The van der Waals surface area contributed by atoms with Crippen molar-refractivity contribution in [2.45, 2.75) is 33.3 Å². The summed E-state index contributed by atoms with van der Waals surface area (Å²) in [6, 6.07) is 0. The number of hydrogen-bond donors (Lipinski definition) is 0. The molecule has 0 bridgehead atoms. The van der Waals surface area contributed by atoms with E-state index in [0.29, 0.717) is 13.2 Å². The van der Waals surface area contributed by atoms with E-state index in [0.717, 1.165) is 0 Å². The number of ether oxygens (including phenoxy) is 2. The minimum atomic E-state index is -0.422. The maximum Gasteiger partial charge on any atom is 0.409 e. The highest BCUT2D eigenvalue weighted by Crippen LogP contribution is 1.97. The number of nitrogens with zero attached hydrogens (tertiary/aromatic N) is 1. The largest absolute Gasteiger partial charge is 0.466 e. The van der Waals surface area contributed by atoms with Gasteiger partial charge in [-0.05, 0) is 20.8 Å². The van der Waals surface area contributed by atoms with Gasteiger partial charge < -0.3 is 14.4 Å². The van der Waals surface area contributed by atoms with Crippen LogP contribution in [0.25, 0.3) is 0 Å². The van der Waals surface area contributed by atoms with Crippen molar-refractivity contribution in [2.24, 2.45) is 0 Å². The molecule has 0 N–H and O–H groups in total. The van der Waals surface area contributed by atoms with Crippen molar-refractivity contribution in [1.82, 2.24) is 4.90 Å². The van der Waals surface area contributed by atoms with Crippen LogP contribution in [0.5, 0.6) is 0 Å². The Bertz CT molecular complexity index is 215. The van der Waals surface area contributed by atoms with E-state index in [1.165, 1.54) is 4.90 Å². The molecule has 0 aromatic rings. The van der Waals surface area contributed by atoms with Gasteiger partial charge in [-0.25, -0.2) is 4.79 Å². The van der Waals surface area contributed by atoms with Crippen LogP contribution in [0.15, 0.2) is 0 Å². The van der Waals surface area contributed by atoms with Crippen molar-refractivity contribution in [3.63, 3.8) is 0 Å². The van der Waals surface area contributed by atoms with Crippen LogP contribution in [0.4, 0.5) is 4.79 Å². The highest BCUT2D eigenvalue weighted by molar-refractivity contribution is 5.71. The zero-order valence-corrected chi connectivity index (χ0v) is 9.78. The van der Waals surface area contributed by atoms with Crippen molar-refractivity contribution in [3.05, 3.63) is 0 Å². The van der Waals surface area contributed by atoms with Crippen molar-refractivity contribution in [3.8, 4) is 0 Å². The maximum atomic E-state index is 11.3. The summed E-state index contributed by atoms with van der Waals surface area (Å²) >= 11 is 0. The first-order valence-electron chi connectivity index (χ1n) is 5.04. The van der Waals surface area contributed by atoms with Gasteiger partial charge in [0.15, 0.2) is 0 Å². The molecule has 0 spiro atoms. The van der Waals surface area contributed by atoms with Crippen LogP contribution in [0.1, 0.15) is 27.2 Å². The lowest BCUT2D eigenvalue weighted by atomic mass is 10.4. The molecular formula is C10H19NO4. The molecule has 0 unspecified atom stereocenters. The highest BCUT2D eigenvalue weighted by atomic mass is 16.6. The van der Waals surface area contributed by atoms with E-state index in [1.807, 2.05) is 0 Å². The summed E-state index contributed by atoms with van der Waals surface area (Å²) in [5.41, 5.74) is 0. The number of rotatable bonds is 5. The number of amides is 1. The summed E-state index contributed by atoms with van der Waals surface area (Å²) in [4.78, 5) is 23.6. The molecule has 0 radical (unpaired) electrons. The molecule has 0 fully saturated rings. The Morgan fingerprint density at radius 1 is 1.33 bits per heavy atom.